The number of imide groups is 1. The van der Waals surface area contributed by atoms with Crippen LogP contribution in [-0.2, 0) is 24.1 Å². The summed E-state index contributed by atoms with van der Waals surface area (Å²) < 4.78 is 0. The van der Waals surface area contributed by atoms with Crippen molar-refractivity contribution in [1.82, 2.24) is 4.90 Å². The molecule has 27 heavy (non-hydrogen) atoms. The Labute approximate surface area is 164 Å². The van der Waals surface area contributed by atoms with Crippen molar-refractivity contribution in [3.63, 3.8) is 0 Å². The summed E-state index contributed by atoms with van der Waals surface area (Å²) in [4.78, 5) is 35.7. The Bertz CT molecular complexity index is 928. The van der Waals surface area contributed by atoms with Crippen molar-refractivity contribution in [3.05, 3.63) is 70.8 Å². The Hall–Kier alpha value is -2.37. The van der Waals surface area contributed by atoms with Crippen molar-refractivity contribution in [3.8, 4) is 0 Å². The maximum Gasteiger partial charge on any atom is 0.323 e. The number of alkyl halides is 2. The van der Waals surface area contributed by atoms with Crippen molar-refractivity contribution in [2.45, 2.75) is 9.75 Å². The van der Waals surface area contributed by atoms with Gasteiger partial charge in [-0.25, -0.2) is 0 Å². The second-order valence-electron chi connectivity index (χ2n) is 7.13. The molecule has 0 unspecified atom stereocenters. The van der Waals surface area contributed by atoms with Gasteiger partial charge in [0.2, 0.25) is 11.8 Å². The Morgan fingerprint density at radius 2 is 1.19 bits per heavy atom. The third kappa shape index (κ3) is 1.74. The number of carboxylic acids is 1. The van der Waals surface area contributed by atoms with Gasteiger partial charge in [0, 0.05) is 0 Å². The van der Waals surface area contributed by atoms with Crippen LogP contribution in [0.5, 0.6) is 0 Å². The fraction of sp³-hybridized carbons (Fsp3) is 0.250. The van der Waals surface area contributed by atoms with E-state index >= 15 is 0 Å². The van der Waals surface area contributed by atoms with Gasteiger partial charge in [-0.15, -0.1) is 23.2 Å². The Morgan fingerprint density at radius 3 is 1.48 bits per heavy atom. The molecule has 0 radical (unpaired) electrons. The van der Waals surface area contributed by atoms with E-state index in [4.69, 9.17) is 28.3 Å². The van der Waals surface area contributed by atoms with Crippen LogP contribution < -0.4 is 0 Å². The molecule has 2 amide bonds. The van der Waals surface area contributed by atoms with E-state index in [2.05, 4.69) is 0 Å². The molecule has 2 aromatic carbocycles. The van der Waals surface area contributed by atoms with Crippen LogP contribution in [0.25, 0.3) is 0 Å². The molecule has 0 spiro atoms. The zero-order chi connectivity index (χ0) is 19.1. The normalized spacial score (nSPS) is 32.9. The molecule has 3 aliphatic carbocycles. The van der Waals surface area contributed by atoms with Gasteiger partial charge >= 0.3 is 5.97 Å². The minimum atomic E-state index is -1.27. The lowest BCUT2D eigenvalue weighted by atomic mass is 9.54. The molecule has 1 N–H and O–H groups in total. The first-order valence-corrected chi connectivity index (χ1v) is 9.23. The van der Waals surface area contributed by atoms with Crippen molar-refractivity contribution in [2.75, 3.05) is 6.54 Å². The molecule has 4 aliphatic rings. The van der Waals surface area contributed by atoms with Crippen LogP contribution in [-0.4, -0.2) is 34.3 Å². The number of hydrogen-bond donors (Lipinski definition) is 1. The number of benzene rings is 2. The fourth-order valence-electron chi connectivity index (χ4n) is 5.02. The number of nitrogens with zero attached hydrogens (tertiary/aromatic N) is 1. The summed E-state index contributed by atoms with van der Waals surface area (Å²) in [5, 5.41) is 9.15. The number of amides is 2. The van der Waals surface area contributed by atoms with Crippen LogP contribution in [0.1, 0.15) is 22.3 Å². The molecule has 1 heterocycles. The van der Waals surface area contributed by atoms with Crippen molar-refractivity contribution in [2.24, 2.45) is 11.8 Å². The monoisotopic (exact) mass is 401 g/mol. The number of aliphatic carboxylic acids is 1. The lowest BCUT2D eigenvalue weighted by molar-refractivity contribution is -0.149. The smallest absolute Gasteiger partial charge is 0.323 e. The van der Waals surface area contributed by atoms with Gasteiger partial charge in [0.05, 0.1) is 11.8 Å². The maximum atomic E-state index is 13.1. The molecule has 2 atom stereocenters. The third-order valence-electron chi connectivity index (χ3n) is 5.97. The number of likely N-dealkylation sites (tertiary alicyclic amines) is 1. The summed E-state index contributed by atoms with van der Waals surface area (Å²) in [5.41, 5.74) is 2.78. The van der Waals surface area contributed by atoms with Gasteiger partial charge in [-0.1, -0.05) is 48.5 Å². The number of carbonyl (C=O) groups is 3. The standard InChI is InChI=1S/C20H13Cl2NO4/c21-19-10-5-1-2-6-11(10)20(22,13-8-4-3-7-12(13)19)16-15(19)17(26)23(18(16)27)9-14(24)25/h1-8,15-16H,9H2,(H,24,25)/t15-,16+,19?,20?. The van der Waals surface area contributed by atoms with Crippen molar-refractivity contribution in [1.29, 1.82) is 0 Å². The molecular weight excluding hydrogens is 389 g/mol. The lowest BCUT2D eigenvalue weighted by Crippen LogP contribution is -2.57. The van der Waals surface area contributed by atoms with Gasteiger partial charge in [-0.2, -0.15) is 0 Å². The van der Waals surface area contributed by atoms with E-state index in [0.717, 1.165) is 4.90 Å². The SMILES string of the molecule is O=C(O)CN1C(=O)[C@@H]2[C@H](C1=O)C1(Cl)c3ccccc3C2(Cl)c2ccccc21. The number of halogens is 2. The van der Waals surface area contributed by atoms with Crippen LogP contribution >= 0.6 is 23.2 Å². The average Bonchev–Trinajstić information content (AvgIpc) is 2.91. The van der Waals surface area contributed by atoms with Gasteiger partial charge in [0.1, 0.15) is 16.3 Å². The molecule has 2 bridgehead atoms. The van der Waals surface area contributed by atoms with E-state index in [1.807, 2.05) is 48.5 Å². The summed E-state index contributed by atoms with van der Waals surface area (Å²) in [5.74, 6) is -4.33. The second kappa shape index (κ2) is 5.12. The quantitative estimate of drug-likeness (QED) is 0.619. The zero-order valence-electron chi connectivity index (χ0n) is 13.9. The zero-order valence-corrected chi connectivity index (χ0v) is 15.4. The van der Waals surface area contributed by atoms with E-state index in [-0.39, 0.29) is 0 Å². The van der Waals surface area contributed by atoms with Crippen LogP contribution in [0, 0.1) is 11.8 Å². The number of carboxylic acid groups (broad SMARTS) is 1. The largest absolute Gasteiger partial charge is 0.480 e. The predicted octanol–water partition coefficient (Wildman–Crippen LogP) is 2.66. The highest BCUT2D eigenvalue weighted by atomic mass is 35.5. The fourth-order valence-corrected chi connectivity index (χ4v) is 6.11. The van der Waals surface area contributed by atoms with Crippen molar-refractivity contribution >= 4 is 41.0 Å². The van der Waals surface area contributed by atoms with E-state index in [1.165, 1.54) is 0 Å². The van der Waals surface area contributed by atoms with Crippen molar-refractivity contribution < 1.29 is 19.5 Å². The first-order valence-electron chi connectivity index (χ1n) is 8.47. The highest BCUT2D eigenvalue weighted by molar-refractivity contribution is 6.36. The average molecular weight is 402 g/mol. The molecule has 1 saturated heterocycles. The molecule has 6 rings (SSSR count). The molecule has 0 aromatic heterocycles. The van der Waals surface area contributed by atoms with Gasteiger partial charge in [0.25, 0.3) is 0 Å². The third-order valence-corrected chi connectivity index (χ3v) is 7.25. The minimum absolute atomic E-state index is 0.587. The van der Waals surface area contributed by atoms with E-state index < -0.39 is 45.9 Å². The van der Waals surface area contributed by atoms with E-state index in [0.29, 0.717) is 22.3 Å². The van der Waals surface area contributed by atoms with Crippen LogP contribution in [0.4, 0.5) is 0 Å². The molecule has 7 heteroatoms. The molecule has 5 nitrogen and oxygen atoms in total. The highest BCUT2D eigenvalue weighted by Crippen LogP contribution is 2.69. The van der Waals surface area contributed by atoms with Crippen LogP contribution in [0.2, 0.25) is 0 Å². The van der Waals surface area contributed by atoms with Gasteiger partial charge < -0.3 is 5.11 Å². The van der Waals surface area contributed by atoms with Crippen LogP contribution in [0.3, 0.4) is 0 Å². The number of hydrogen-bond acceptors (Lipinski definition) is 3. The highest BCUT2D eigenvalue weighted by Gasteiger charge is 2.73. The molecule has 136 valence electrons. The molecule has 0 saturated carbocycles. The number of rotatable bonds is 2. The summed E-state index contributed by atoms with van der Waals surface area (Å²) >= 11 is 14.4. The lowest BCUT2D eigenvalue weighted by Gasteiger charge is -2.54. The molecule has 1 aliphatic heterocycles. The van der Waals surface area contributed by atoms with Gasteiger partial charge in [0.15, 0.2) is 0 Å². The molecule has 2 aromatic rings. The Morgan fingerprint density at radius 1 is 0.852 bits per heavy atom. The summed E-state index contributed by atoms with van der Waals surface area (Å²) in [6, 6.07) is 14.6. The van der Waals surface area contributed by atoms with E-state index in [9.17, 15) is 14.4 Å². The Kier molecular flexibility index (Phi) is 3.18. The summed E-state index contributed by atoms with van der Waals surface area (Å²) in [7, 11) is 0. The summed E-state index contributed by atoms with van der Waals surface area (Å²) in [6.45, 7) is -0.697. The number of carbonyl (C=O) groups excluding carboxylic acids is 2. The van der Waals surface area contributed by atoms with Gasteiger partial charge in [-0.05, 0) is 22.3 Å². The van der Waals surface area contributed by atoms with Gasteiger partial charge in [-0.3, -0.25) is 19.3 Å². The summed E-state index contributed by atoms with van der Waals surface area (Å²) in [6.07, 6.45) is 0. The minimum Gasteiger partial charge on any atom is -0.480 e. The first kappa shape index (κ1) is 16.8. The van der Waals surface area contributed by atoms with E-state index in [1.54, 1.807) is 0 Å². The predicted molar refractivity (Wildman–Crippen MR) is 97.5 cm³/mol. The molecular formula is C20H13Cl2NO4. The van der Waals surface area contributed by atoms with Crippen LogP contribution in [0.15, 0.2) is 48.5 Å². The molecule has 1 fully saturated rings. The topological polar surface area (TPSA) is 74.7 Å². The Balaban J connectivity index is 1.86. The first-order chi connectivity index (χ1) is 12.8. The maximum absolute atomic E-state index is 13.1. The second-order valence-corrected chi connectivity index (χ2v) is 8.32.